The van der Waals surface area contributed by atoms with E-state index in [0.29, 0.717) is 41.1 Å². The first-order valence-electron chi connectivity index (χ1n) is 11.2. The highest BCUT2D eigenvalue weighted by atomic mass is 35.5. The molecule has 2 N–H and O–H groups in total. The fourth-order valence-corrected chi connectivity index (χ4v) is 3.94. The highest BCUT2D eigenvalue weighted by molar-refractivity contribution is 6.32. The molecule has 9 nitrogen and oxygen atoms in total. The van der Waals surface area contributed by atoms with Gasteiger partial charge in [0.25, 0.3) is 11.8 Å². The normalized spacial score (nSPS) is 13.3. The molecule has 0 bridgehead atoms. The number of hydrogen-bond acceptors (Lipinski definition) is 6. The number of nitrogens with one attached hydrogen (secondary N) is 2. The molecule has 0 saturated carbocycles. The standard InChI is InChI=1S/C24H25Cl2N5O4/c1-3-4-7-28-23(32)17-10-15(25)9-14(2)21(17)29-24(33)19-11-20(35-16-12-34-13-16)30-31(19)22-18(26)6-5-8-27-22/h5-6,8-11,16H,3-4,7,12-13H2,1-2H3,(H,28,32)(H,29,33). The van der Waals surface area contributed by atoms with E-state index >= 15 is 0 Å². The van der Waals surface area contributed by atoms with Crippen molar-refractivity contribution >= 4 is 40.7 Å². The third-order valence-corrected chi connectivity index (χ3v) is 5.87. The van der Waals surface area contributed by atoms with Crippen molar-refractivity contribution in [1.29, 1.82) is 0 Å². The summed E-state index contributed by atoms with van der Waals surface area (Å²) >= 11 is 12.6. The molecular formula is C24H25Cl2N5O4. The Hall–Kier alpha value is -3.14. The van der Waals surface area contributed by atoms with E-state index < -0.39 is 5.91 Å². The molecule has 35 heavy (non-hydrogen) atoms. The Bertz CT molecular complexity index is 1240. The number of carbonyl (C=O) groups is 2. The van der Waals surface area contributed by atoms with Gasteiger partial charge in [0.05, 0.1) is 29.5 Å². The van der Waals surface area contributed by atoms with Crippen LogP contribution in [0.15, 0.2) is 36.5 Å². The molecule has 1 fully saturated rings. The number of pyridine rings is 1. The van der Waals surface area contributed by atoms with Crippen LogP contribution in [-0.2, 0) is 4.74 Å². The second-order valence-electron chi connectivity index (χ2n) is 8.07. The van der Waals surface area contributed by atoms with Gasteiger partial charge < -0.3 is 20.1 Å². The van der Waals surface area contributed by atoms with Gasteiger partial charge in [0.1, 0.15) is 11.8 Å². The van der Waals surface area contributed by atoms with Crippen LogP contribution in [0.3, 0.4) is 0 Å². The number of aryl methyl sites for hydroxylation is 1. The van der Waals surface area contributed by atoms with Gasteiger partial charge in [0.2, 0.25) is 5.88 Å². The van der Waals surface area contributed by atoms with Gasteiger partial charge in [-0.2, -0.15) is 0 Å². The van der Waals surface area contributed by atoms with Gasteiger partial charge >= 0.3 is 0 Å². The average molecular weight is 518 g/mol. The molecule has 1 aliphatic rings. The van der Waals surface area contributed by atoms with Gasteiger partial charge in [0.15, 0.2) is 5.82 Å². The summed E-state index contributed by atoms with van der Waals surface area (Å²) in [6, 6.07) is 8.04. The van der Waals surface area contributed by atoms with E-state index in [4.69, 9.17) is 32.7 Å². The summed E-state index contributed by atoms with van der Waals surface area (Å²) in [6.45, 7) is 5.21. The predicted octanol–water partition coefficient (Wildman–Crippen LogP) is 4.44. The maximum absolute atomic E-state index is 13.5. The Balaban J connectivity index is 1.68. The van der Waals surface area contributed by atoms with Crippen molar-refractivity contribution in [1.82, 2.24) is 20.1 Å². The molecule has 2 amide bonds. The first-order chi connectivity index (χ1) is 16.9. The van der Waals surface area contributed by atoms with Crippen LogP contribution in [0.25, 0.3) is 5.82 Å². The third kappa shape index (κ3) is 5.75. The Morgan fingerprint density at radius 3 is 2.71 bits per heavy atom. The van der Waals surface area contributed by atoms with Gasteiger partial charge in [0, 0.05) is 23.8 Å². The van der Waals surface area contributed by atoms with Crippen LogP contribution in [0.5, 0.6) is 5.88 Å². The number of halogens is 2. The summed E-state index contributed by atoms with van der Waals surface area (Å²) in [7, 11) is 0. The number of carbonyl (C=O) groups excluding carboxylic acids is 2. The van der Waals surface area contributed by atoms with Gasteiger partial charge in [-0.1, -0.05) is 36.5 Å². The number of anilines is 1. The van der Waals surface area contributed by atoms with Crippen molar-refractivity contribution in [3.05, 3.63) is 63.4 Å². The van der Waals surface area contributed by atoms with Crippen LogP contribution in [0.2, 0.25) is 10.0 Å². The van der Waals surface area contributed by atoms with E-state index in [1.54, 1.807) is 31.3 Å². The molecule has 4 rings (SSSR count). The molecule has 0 unspecified atom stereocenters. The predicted molar refractivity (Wildman–Crippen MR) is 133 cm³/mol. The number of nitrogens with zero attached hydrogens (tertiary/aromatic N) is 3. The molecule has 1 aromatic carbocycles. The molecule has 0 aliphatic carbocycles. The summed E-state index contributed by atoms with van der Waals surface area (Å²) in [6.07, 6.45) is 3.18. The molecule has 1 saturated heterocycles. The number of aromatic nitrogens is 3. The molecule has 0 atom stereocenters. The number of benzene rings is 1. The van der Waals surface area contributed by atoms with Crippen molar-refractivity contribution in [2.45, 2.75) is 32.8 Å². The van der Waals surface area contributed by atoms with E-state index in [1.807, 2.05) is 6.92 Å². The zero-order valence-corrected chi connectivity index (χ0v) is 20.8. The van der Waals surface area contributed by atoms with E-state index in [2.05, 4.69) is 20.7 Å². The molecule has 2 aromatic heterocycles. The largest absolute Gasteiger partial charge is 0.468 e. The number of rotatable bonds is 9. The number of unbranched alkanes of at least 4 members (excludes halogenated alkanes) is 1. The van der Waals surface area contributed by atoms with Crippen molar-refractivity contribution < 1.29 is 19.1 Å². The van der Waals surface area contributed by atoms with Crippen LogP contribution in [-0.4, -0.2) is 52.4 Å². The minimum atomic E-state index is -0.521. The number of hydrogen-bond donors (Lipinski definition) is 2. The zero-order valence-electron chi connectivity index (χ0n) is 19.3. The summed E-state index contributed by atoms with van der Waals surface area (Å²) in [5.74, 6) is -0.346. The molecule has 1 aliphatic heterocycles. The van der Waals surface area contributed by atoms with E-state index in [0.717, 1.165) is 12.8 Å². The van der Waals surface area contributed by atoms with Crippen molar-refractivity contribution in [3.8, 4) is 11.7 Å². The SMILES string of the molecule is CCCCNC(=O)c1cc(Cl)cc(C)c1NC(=O)c1cc(OC2COC2)nn1-c1ncccc1Cl. The molecule has 3 aromatic rings. The van der Waals surface area contributed by atoms with E-state index in [-0.39, 0.29) is 35.0 Å². The first kappa shape index (κ1) is 25.0. The topological polar surface area (TPSA) is 107 Å². The van der Waals surface area contributed by atoms with E-state index in [9.17, 15) is 9.59 Å². The molecule has 3 heterocycles. The summed E-state index contributed by atoms with van der Waals surface area (Å²) < 4.78 is 12.3. The third-order valence-electron chi connectivity index (χ3n) is 5.35. The molecule has 0 radical (unpaired) electrons. The van der Waals surface area contributed by atoms with E-state index in [1.165, 1.54) is 16.8 Å². The van der Waals surface area contributed by atoms with Crippen LogP contribution < -0.4 is 15.4 Å². The number of ether oxygens (including phenoxy) is 2. The Labute approximate surface area is 212 Å². The first-order valence-corrected chi connectivity index (χ1v) is 12.0. The van der Waals surface area contributed by atoms with Crippen molar-refractivity contribution in [3.63, 3.8) is 0 Å². The van der Waals surface area contributed by atoms with Crippen LogP contribution in [0.4, 0.5) is 5.69 Å². The zero-order chi connectivity index (χ0) is 24.9. The van der Waals surface area contributed by atoms with Gasteiger partial charge in [-0.3, -0.25) is 9.59 Å². The fraction of sp³-hybridized carbons (Fsp3) is 0.333. The summed E-state index contributed by atoms with van der Waals surface area (Å²) in [5, 5.41) is 10.8. The van der Waals surface area contributed by atoms with Gasteiger partial charge in [-0.25, -0.2) is 9.67 Å². The fourth-order valence-electron chi connectivity index (χ4n) is 3.47. The van der Waals surface area contributed by atoms with Gasteiger partial charge in [-0.15, -0.1) is 5.10 Å². The maximum Gasteiger partial charge on any atom is 0.274 e. The van der Waals surface area contributed by atoms with Crippen molar-refractivity contribution in [2.75, 3.05) is 25.1 Å². The highest BCUT2D eigenvalue weighted by Crippen LogP contribution is 2.28. The molecule has 11 heteroatoms. The highest BCUT2D eigenvalue weighted by Gasteiger charge is 2.26. The number of amides is 2. The molecular weight excluding hydrogens is 493 g/mol. The lowest BCUT2D eigenvalue weighted by atomic mass is 10.1. The minimum absolute atomic E-state index is 0.132. The Kier molecular flexibility index (Phi) is 7.90. The quantitative estimate of drug-likeness (QED) is 0.406. The average Bonchev–Trinajstić information content (AvgIpc) is 3.22. The summed E-state index contributed by atoms with van der Waals surface area (Å²) in [5.41, 5.74) is 1.39. The molecule has 0 spiro atoms. The summed E-state index contributed by atoms with van der Waals surface area (Å²) in [4.78, 5) is 30.6. The lowest BCUT2D eigenvalue weighted by Gasteiger charge is -2.25. The maximum atomic E-state index is 13.5. The Morgan fingerprint density at radius 1 is 1.23 bits per heavy atom. The van der Waals surface area contributed by atoms with Crippen molar-refractivity contribution in [2.24, 2.45) is 0 Å². The minimum Gasteiger partial charge on any atom is -0.468 e. The lowest BCUT2D eigenvalue weighted by molar-refractivity contribution is -0.0814. The lowest BCUT2D eigenvalue weighted by Crippen LogP contribution is -2.38. The Morgan fingerprint density at radius 2 is 2.03 bits per heavy atom. The van der Waals surface area contributed by atoms with Gasteiger partial charge in [-0.05, 0) is 43.2 Å². The second-order valence-corrected chi connectivity index (χ2v) is 8.92. The van der Waals surface area contributed by atoms with Crippen LogP contribution in [0.1, 0.15) is 46.2 Å². The van der Waals surface area contributed by atoms with Crippen LogP contribution in [0, 0.1) is 6.92 Å². The second kappa shape index (κ2) is 11.1. The smallest absolute Gasteiger partial charge is 0.274 e. The van der Waals surface area contributed by atoms with Crippen LogP contribution >= 0.6 is 23.2 Å². The molecule has 184 valence electrons. The monoisotopic (exact) mass is 517 g/mol.